The molecule has 29 heavy (non-hydrogen) atoms. The third-order valence-electron chi connectivity index (χ3n) is 5.23. The zero-order valence-electron chi connectivity index (χ0n) is 16.8. The lowest BCUT2D eigenvalue weighted by Crippen LogP contribution is -2.54. The van der Waals surface area contributed by atoms with E-state index in [4.69, 9.17) is 11.6 Å². The fraction of sp³-hybridized carbons (Fsp3) is 0.364. The van der Waals surface area contributed by atoms with Gasteiger partial charge < -0.3 is 15.5 Å². The molecule has 1 aromatic carbocycles. The van der Waals surface area contributed by atoms with Gasteiger partial charge in [-0.3, -0.25) is 9.59 Å². The number of nitrogens with one attached hydrogen (secondary N) is 2. The van der Waals surface area contributed by atoms with Crippen molar-refractivity contribution in [1.29, 1.82) is 0 Å². The summed E-state index contributed by atoms with van der Waals surface area (Å²) in [7, 11) is 2.12. The molecule has 154 valence electrons. The molecule has 0 bridgehead atoms. The maximum atomic E-state index is 13.1. The third kappa shape index (κ3) is 5.26. The van der Waals surface area contributed by atoms with E-state index in [2.05, 4.69) is 35.2 Å². The molecule has 2 N–H and O–H groups in total. The standard InChI is InChI=1S/C22H26ClN3O2S/c1-4-11-22(2,25-20(27)18-7-8-19(23)29-18)21(28)24-17-6-5-15-9-12-26(3)13-10-16(15)14-17/h4-8,14H,1,9-13H2,2-3H3,(H,24,28)(H,25,27). The van der Waals surface area contributed by atoms with E-state index in [0.29, 0.717) is 15.6 Å². The quantitative estimate of drug-likeness (QED) is 0.676. The van der Waals surface area contributed by atoms with Crippen molar-refractivity contribution in [2.75, 3.05) is 25.5 Å². The number of carbonyl (C=O) groups is 2. The van der Waals surface area contributed by atoms with Crippen molar-refractivity contribution in [3.63, 3.8) is 0 Å². The molecule has 1 aliphatic rings. The van der Waals surface area contributed by atoms with Crippen molar-refractivity contribution < 1.29 is 9.59 Å². The molecule has 1 unspecified atom stereocenters. The van der Waals surface area contributed by atoms with Crippen molar-refractivity contribution in [3.8, 4) is 0 Å². The van der Waals surface area contributed by atoms with Crippen LogP contribution in [0.15, 0.2) is 43.0 Å². The monoisotopic (exact) mass is 431 g/mol. The Labute approximate surface area is 180 Å². The molecule has 1 atom stereocenters. The van der Waals surface area contributed by atoms with Crippen molar-refractivity contribution in [3.05, 3.63) is 63.3 Å². The number of rotatable bonds is 6. The van der Waals surface area contributed by atoms with Crippen LogP contribution in [-0.4, -0.2) is 42.4 Å². The van der Waals surface area contributed by atoms with Crippen LogP contribution in [0.5, 0.6) is 0 Å². The Morgan fingerprint density at radius 1 is 1.24 bits per heavy atom. The first kappa shape index (κ1) is 21.6. The molecule has 2 amide bonds. The van der Waals surface area contributed by atoms with E-state index in [-0.39, 0.29) is 11.8 Å². The number of anilines is 1. The second kappa shape index (κ2) is 9.11. The van der Waals surface area contributed by atoms with E-state index >= 15 is 0 Å². The van der Waals surface area contributed by atoms with Crippen LogP contribution < -0.4 is 10.6 Å². The van der Waals surface area contributed by atoms with Gasteiger partial charge in [-0.05, 0) is 68.6 Å². The molecule has 5 nitrogen and oxygen atoms in total. The number of halogens is 1. The second-order valence-corrected chi connectivity index (χ2v) is 9.34. The molecule has 1 aliphatic heterocycles. The minimum absolute atomic E-state index is 0.279. The van der Waals surface area contributed by atoms with Crippen molar-refractivity contribution in [2.45, 2.75) is 31.7 Å². The first-order valence-corrected chi connectivity index (χ1v) is 10.8. The molecule has 0 saturated heterocycles. The highest BCUT2D eigenvalue weighted by molar-refractivity contribution is 7.18. The molecule has 7 heteroatoms. The summed E-state index contributed by atoms with van der Waals surface area (Å²) < 4.78 is 0.528. The topological polar surface area (TPSA) is 61.4 Å². The highest BCUT2D eigenvalue weighted by atomic mass is 35.5. The Bertz CT molecular complexity index is 927. The predicted molar refractivity (Wildman–Crippen MR) is 120 cm³/mol. The molecule has 0 aliphatic carbocycles. The highest BCUT2D eigenvalue weighted by Gasteiger charge is 2.34. The van der Waals surface area contributed by atoms with Gasteiger partial charge >= 0.3 is 0 Å². The van der Waals surface area contributed by atoms with Gasteiger partial charge in [-0.1, -0.05) is 23.7 Å². The summed E-state index contributed by atoms with van der Waals surface area (Å²) in [5.41, 5.74) is 2.20. The summed E-state index contributed by atoms with van der Waals surface area (Å²) in [6.45, 7) is 7.48. The molecule has 3 rings (SSSR count). The van der Waals surface area contributed by atoms with Gasteiger partial charge in [0.1, 0.15) is 5.54 Å². The number of thiophene rings is 1. The van der Waals surface area contributed by atoms with Crippen LogP contribution in [-0.2, 0) is 17.6 Å². The number of carbonyl (C=O) groups excluding carboxylic acids is 2. The second-order valence-electron chi connectivity index (χ2n) is 7.62. The number of nitrogens with zero attached hydrogens (tertiary/aromatic N) is 1. The van der Waals surface area contributed by atoms with Crippen molar-refractivity contribution in [1.82, 2.24) is 10.2 Å². The van der Waals surface area contributed by atoms with Crippen LogP contribution in [0.25, 0.3) is 0 Å². The van der Waals surface area contributed by atoms with Gasteiger partial charge in [0.05, 0.1) is 9.21 Å². The van der Waals surface area contributed by atoms with E-state index in [1.54, 1.807) is 25.1 Å². The summed E-state index contributed by atoms with van der Waals surface area (Å²) in [6, 6.07) is 9.37. The Kier molecular flexibility index (Phi) is 6.77. The average molecular weight is 432 g/mol. The van der Waals surface area contributed by atoms with Crippen molar-refractivity contribution in [2.24, 2.45) is 0 Å². The molecule has 0 saturated carbocycles. The summed E-state index contributed by atoms with van der Waals surface area (Å²) in [6.07, 6.45) is 3.90. The van der Waals surface area contributed by atoms with Gasteiger partial charge in [0, 0.05) is 18.8 Å². The average Bonchev–Trinajstić information content (AvgIpc) is 3.03. The molecular formula is C22H26ClN3O2S. The van der Waals surface area contributed by atoms with Crippen LogP contribution >= 0.6 is 22.9 Å². The molecule has 2 aromatic rings. The summed E-state index contributed by atoms with van der Waals surface area (Å²) >= 11 is 7.11. The van der Waals surface area contributed by atoms with Gasteiger partial charge in [0.15, 0.2) is 0 Å². The number of fused-ring (bicyclic) bond motifs is 1. The van der Waals surface area contributed by atoms with E-state index in [0.717, 1.165) is 31.6 Å². The van der Waals surface area contributed by atoms with Gasteiger partial charge in [0.2, 0.25) is 5.91 Å². The highest BCUT2D eigenvalue weighted by Crippen LogP contribution is 2.24. The van der Waals surface area contributed by atoms with Crippen LogP contribution in [0.1, 0.15) is 34.1 Å². The lowest BCUT2D eigenvalue weighted by Gasteiger charge is -2.28. The van der Waals surface area contributed by atoms with E-state index < -0.39 is 5.54 Å². The summed E-state index contributed by atoms with van der Waals surface area (Å²) in [4.78, 5) is 28.4. The minimum Gasteiger partial charge on any atom is -0.337 e. The summed E-state index contributed by atoms with van der Waals surface area (Å²) in [5.74, 6) is -0.606. The van der Waals surface area contributed by atoms with E-state index in [1.807, 2.05) is 12.1 Å². The maximum Gasteiger partial charge on any atom is 0.262 e. The first-order chi connectivity index (χ1) is 13.8. The Hall–Kier alpha value is -2.15. The molecule has 0 spiro atoms. The molecule has 1 aromatic heterocycles. The third-order valence-corrected chi connectivity index (χ3v) is 6.46. The smallest absolute Gasteiger partial charge is 0.262 e. The Morgan fingerprint density at radius 3 is 2.62 bits per heavy atom. The number of hydrogen-bond acceptors (Lipinski definition) is 4. The fourth-order valence-electron chi connectivity index (χ4n) is 3.42. The largest absolute Gasteiger partial charge is 0.337 e. The van der Waals surface area contributed by atoms with Crippen molar-refractivity contribution >= 4 is 40.4 Å². The normalized spacial score (nSPS) is 16.2. The molecule has 0 fully saturated rings. The van der Waals surface area contributed by atoms with Crippen LogP contribution in [0.3, 0.4) is 0 Å². The van der Waals surface area contributed by atoms with Crippen LogP contribution in [0, 0.1) is 0 Å². The maximum absolute atomic E-state index is 13.1. The first-order valence-electron chi connectivity index (χ1n) is 9.61. The van der Waals surface area contributed by atoms with Gasteiger partial charge in [0.25, 0.3) is 5.91 Å². The zero-order chi connectivity index (χ0) is 21.0. The Morgan fingerprint density at radius 2 is 1.97 bits per heavy atom. The SMILES string of the molecule is C=CCC(C)(NC(=O)c1ccc(Cl)s1)C(=O)Nc1ccc2c(c1)CCN(C)CC2. The van der Waals surface area contributed by atoms with Gasteiger partial charge in [-0.2, -0.15) is 0 Å². The number of amides is 2. The van der Waals surface area contributed by atoms with Crippen LogP contribution in [0.2, 0.25) is 4.34 Å². The Balaban J connectivity index is 1.75. The lowest BCUT2D eigenvalue weighted by atomic mass is 9.95. The zero-order valence-corrected chi connectivity index (χ0v) is 18.3. The molecule has 2 heterocycles. The van der Waals surface area contributed by atoms with E-state index in [1.165, 1.54) is 22.5 Å². The molecule has 0 radical (unpaired) electrons. The number of hydrogen-bond donors (Lipinski definition) is 2. The van der Waals surface area contributed by atoms with Gasteiger partial charge in [-0.15, -0.1) is 17.9 Å². The number of benzene rings is 1. The summed E-state index contributed by atoms with van der Waals surface area (Å²) in [5, 5.41) is 5.82. The predicted octanol–water partition coefficient (Wildman–Crippen LogP) is 4.14. The minimum atomic E-state index is -1.12. The fourth-order valence-corrected chi connectivity index (χ4v) is 4.36. The molecular weight excluding hydrogens is 406 g/mol. The lowest BCUT2D eigenvalue weighted by molar-refractivity contribution is -0.121. The van der Waals surface area contributed by atoms with Crippen LogP contribution in [0.4, 0.5) is 5.69 Å². The van der Waals surface area contributed by atoms with E-state index in [9.17, 15) is 9.59 Å². The number of likely N-dealkylation sites (N-methyl/N-ethyl adjacent to an activating group) is 1. The van der Waals surface area contributed by atoms with Gasteiger partial charge in [-0.25, -0.2) is 0 Å².